The Balaban J connectivity index is 2.23. The van der Waals surface area contributed by atoms with Gasteiger partial charge in [0.1, 0.15) is 0 Å². The van der Waals surface area contributed by atoms with Crippen LogP contribution < -0.4 is 5.32 Å². The summed E-state index contributed by atoms with van der Waals surface area (Å²) in [5.74, 6) is -0.150. The number of aryl methyl sites for hydroxylation is 1. The summed E-state index contributed by atoms with van der Waals surface area (Å²) in [7, 11) is 1.42. The molecule has 16 heavy (non-hydrogen) atoms. The molecule has 0 aliphatic heterocycles. The standard InChI is InChI=1S/C11H18N2O2S/c1-8(11-9(2)13-7-16-11)12-6-4-5-10(14)15-3/h7-8,12H,4-6H2,1-3H3. The van der Waals surface area contributed by atoms with E-state index in [0.717, 1.165) is 18.7 Å². The average Bonchev–Trinajstić information content (AvgIpc) is 2.70. The second-order valence-corrected chi connectivity index (χ2v) is 4.54. The van der Waals surface area contributed by atoms with E-state index < -0.39 is 0 Å². The van der Waals surface area contributed by atoms with Crippen LogP contribution in [-0.2, 0) is 9.53 Å². The van der Waals surface area contributed by atoms with E-state index in [-0.39, 0.29) is 5.97 Å². The van der Waals surface area contributed by atoms with Crippen molar-refractivity contribution in [2.45, 2.75) is 32.7 Å². The van der Waals surface area contributed by atoms with E-state index in [1.807, 2.05) is 12.4 Å². The summed E-state index contributed by atoms with van der Waals surface area (Å²) < 4.78 is 4.57. The highest BCUT2D eigenvalue weighted by atomic mass is 32.1. The third kappa shape index (κ3) is 3.90. The summed E-state index contributed by atoms with van der Waals surface area (Å²) in [5, 5.41) is 3.37. The van der Waals surface area contributed by atoms with Crippen LogP contribution in [-0.4, -0.2) is 24.6 Å². The van der Waals surface area contributed by atoms with Gasteiger partial charge in [-0.15, -0.1) is 11.3 Å². The minimum atomic E-state index is -0.150. The van der Waals surface area contributed by atoms with Gasteiger partial charge in [-0.25, -0.2) is 4.98 Å². The van der Waals surface area contributed by atoms with Crippen LogP contribution in [0.25, 0.3) is 0 Å². The van der Waals surface area contributed by atoms with Gasteiger partial charge in [-0.1, -0.05) is 0 Å². The molecule has 1 aromatic heterocycles. The molecule has 1 atom stereocenters. The molecule has 1 rings (SSSR count). The maximum absolute atomic E-state index is 10.9. The molecular weight excluding hydrogens is 224 g/mol. The molecule has 0 bridgehead atoms. The number of carbonyl (C=O) groups excluding carboxylic acids is 1. The molecule has 1 heterocycles. The lowest BCUT2D eigenvalue weighted by molar-refractivity contribution is -0.140. The van der Waals surface area contributed by atoms with Crippen molar-refractivity contribution in [3.8, 4) is 0 Å². The highest BCUT2D eigenvalue weighted by Crippen LogP contribution is 2.20. The third-order valence-electron chi connectivity index (χ3n) is 2.41. The Bertz CT molecular complexity index is 338. The van der Waals surface area contributed by atoms with E-state index in [0.29, 0.717) is 12.5 Å². The fraction of sp³-hybridized carbons (Fsp3) is 0.636. The highest BCUT2D eigenvalue weighted by Gasteiger charge is 2.10. The monoisotopic (exact) mass is 242 g/mol. The number of carbonyl (C=O) groups is 1. The van der Waals surface area contributed by atoms with Crippen LogP contribution in [0.2, 0.25) is 0 Å². The zero-order valence-electron chi connectivity index (χ0n) is 9.95. The summed E-state index contributed by atoms with van der Waals surface area (Å²) in [6.45, 7) is 4.94. The van der Waals surface area contributed by atoms with Crippen LogP contribution in [0.4, 0.5) is 0 Å². The van der Waals surface area contributed by atoms with E-state index in [1.165, 1.54) is 12.0 Å². The third-order valence-corrected chi connectivity index (χ3v) is 3.53. The molecule has 0 radical (unpaired) electrons. The largest absolute Gasteiger partial charge is 0.469 e. The minimum absolute atomic E-state index is 0.150. The van der Waals surface area contributed by atoms with Gasteiger partial charge in [-0.2, -0.15) is 0 Å². The van der Waals surface area contributed by atoms with Crippen molar-refractivity contribution < 1.29 is 9.53 Å². The summed E-state index contributed by atoms with van der Waals surface area (Å²) in [4.78, 5) is 16.4. The summed E-state index contributed by atoms with van der Waals surface area (Å²) in [5.41, 5.74) is 2.94. The van der Waals surface area contributed by atoms with E-state index in [2.05, 4.69) is 22.0 Å². The van der Waals surface area contributed by atoms with E-state index in [9.17, 15) is 4.79 Å². The number of nitrogens with one attached hydrogen (secondary N) is 1. The number of hydrogen-bond donors (Lipinski definition) is 1. The van der Waals surface area contributed by atoms with Crippen LogP contribution in [0.1, 0.15) is 36.4 Å². The van der Waals surface area contributed by atoms with Gasteiger partial charge in [-0.3, -0.25) is 4.79 Å². The van der Waals surface area contributed by atoms with Gasteiger partial charge in [0.2, 0.25) is 0 Å². The zero-order chi connectivity index (χ0) is 12.0. The molecule has 1 aromatic rings. The second kappa shape index (κ2) is 6.60. The lowest BCUT2D eigenvalue weighted by atomic mass is 10.2. The summed E-state index contributed by atoms with van der Waals surface area (Å²) in [6.07, 6.45) is 1.27. The van der Waals surface area contributed by atoms with Crippen molar-refractivity contribution in [1.82, 2.24) is 10.3 Å². The smallest absolute Gasteiger partial charge is 0.305 e. The molecule has 0 aliphatic rings. The Hall–Kier alpha value is -0.940. The van der Waals surface area contributed by atoms with E-state index in [4.69, 9.17) is 0 Å². The first-order valence-corrected chi connectivity index (χ1v) is 6.23. The maximum atomic E-state index is 10.9. The van der Waals surface area contributed by atoms with Gasteiger partial charge in [0, 0.05) is 17.3 Å². The highest BCUT2D eigenvalue weighted by molar-refractivity contribution is 7.09. The summed E-state index contributed by atoms with van der Waals surface area (Å²) in [6, 6.07) is 0.296. The molecular formula is C11H18N2O2S. The number of thiazole rings is 1. The van der Waals surface area contributed by atoms with Crippen molar-refractivity contribution in [2.24, 2.45) is 0 Å². The molecule has 1 N–H and O–H groups in total. The number of ether oxygens (including phenoxy) is 1. The molecule has 1 unspecified atom stereocenters. The van der Waals surface area contributed by atoms with Crippen LogP contribution in [0, 0.1) is 6.92 Å². The van der Waals surface area contributed by atoms with Gasteiger partial charge >= 0.3 is 5.97 Å². The fourth-order valence-electron chi connectivity index (χ4n) is 1.47. The SMILES string of the molecule is COC(=O)CCCNC(C)c1scnc1C. The Morgan fingerprint density at radius 3 is 3.00 bits per heavy atom. The molecule has 0 aliphatic carbocycles. The van der Waals surface area contributed by atoms with Crippen LogP contribution >= 0.6 is 11.3 Å². The molecule has 0 aromatic carbocycles. The predicted octanol–water partition coefficient (Wildman–Crippen LogP) is 2.06. The molecule has 0 saturated carbocycles. The second-order valence-electron chi connectivity index (χ2n) is 3.66. The molecule has 90 valence electrons. The van der Waals surface area contributed by atoms with Gasteiger partial charge in [0.05, 0.1) is 18.3 Å². The van der Waals surface area contributed by atoms with Crippen molar-refractivity contribution >= 4 is 17.3 Å². The van der Waals surface area contributed by atoms with Crippen LogP contribution in [0.5, 0.6) is 0 Å². The number of esters is 1. The molecule has 5 heteroatoms. The predicted molar refractivity (Wildman–Crippen MR) is 64.5 cm³/mol. The molecule has 4 nitrogen and oxygen atoms in total. The maximum Gasteiger partial charge on any atom is 0.305 e. The Morgan fingerprint density at radius 1 is 1.69 bits per heavy atom. The summed E-state index contributed by atoms with van der Waals surface area (Å²) >= 11 is 1.66. The molecule has 0 saturated heterocycles. The van der Waals surface area contributed by atoms with Crippen LogP contribution in [0.15, 0.2) is 5.51 Å². The van der Waals surface area contributed by atoms with Gasteiger partial charge in [0.25, 0.3) is 0 Å². The Labute approximate surface area is 100 Å². The van der Waals surface area contributed by atoms with Crippen molar-refractivity contribution in [1.29, 1.82) is 0 Å². The van der Waals surface area contributed by atoms with Crippen molar-refractivity contribution in [2.75, 3.05) is 13.7 Å². The number of nitrogens with zero attached hydrogens (tertiary/aromatic N) is 1. The van der Waals surface area contributed by atoms with Crippen molar-refractivity contribution in [3.05, 3.63) is 16.1 Å². The average molecular weight is 242 g/mol. The molecule has 0 fully saturated rings. The first-order chi connectivity index (χ1) is 7.65. The van der Waals surface area contributed by atoms with Gasteiger partial charge in [-0.05, 0) is 26.8 Å². The van der Waals surface area contributed by atoms with Gasteiger partial charge in [0.15, 0.2) is 0 Å². The quantitative estimate of drug-likeness (QED) is 0.613. The first kappa shape index (κ1) is 13.1. The lowest BCUT2D eigenvalue weighted by Gasteiger charge is -2.12. The number of hydrogen-bond acceptors (Lipinski definition) is 5. The number of aromatic nitrogens is 1. The molecule has 0 spiro atoms. The van der Waals surface area contributed by atoms with Crippen LogP contribution in [0.3, 0.4) is 0 Å². The Kier molecular flexibility index (Phi) is 5.42. The first-order valence-electron chi connectivity index (χ1n) is 5.35. The zero-order valence-corrected chi connectivity index (χ0v) is 10.8. The topological polar surface area (TPSA) is 51.2 Å². The normalized spacial score (nSPS) is 12.4. The Morgan fingerprint density at radius 2 is 2.44 bits per heavy atom. The molecule has 0 amide bonds. The minimum Gasteiger partial charge on any atom is -0.469 e. The lowest BCUT2D eigenvalue weighted by Crippen LogP contribution is -2.20. The number of methoxy groups -OCH3 is 1. The van der Waals surface area contributed by atoms with Crippen molar-refractivity contribution in [3.63, 3.8) is 0 Å². The fourth-order valence-corrected chi connectivity index (χ4v) is 2.31. The van der Waals surface area contributed by atoms with E-state index >= 15 is 0 Å². The number of rotatable bonds is 6. The van der Waals surface area contributed by atoms with Gasteiger partial charge < -0.3 is 10.1 Å². The van der Waals surface area contributed by atoms with E-state index in [1.54, 1.807) is 11.3 Å².